The van der Waals surface area contributed by atoms with Gasteiger partial charge in [0, 0.05) is 11.8 Å². The van der Waals surface area contributed by atoms with E-state index in [4.69, 9.17) is 4.74 Å². The van der Waals surface area contributed by atoms with E-state index in [0.717, 1.165) is 11.3 Å². The summed E-state index contributed by atoms with van der Waals surface area (Å²) >= 11 is 3.36. The maximum absolute atomic E-state index is 11.9. The number of benzene rings is 1. The second kappa shape index (κ2) is 8.62. The van der Waals surface area contributed by atoms with Gasteiger partial charge in [0.2, 0.25) is 5.91 Å². The molecule has 0 bridgehead atoms. The molecule has 0 saturated heterocycles. The van der Waals surface area contributed by atoms with Crippen LogP contribution < -0.4 is 5.32 Å². The van der Waals surface area contributed by atoms with Crippen LogP contribution in [0.5, 0.6) is 0 Å². The second-order valence-corrected chi connectivity index (χ2v) is 5.83. The molecular weight excluding hydrogens is 334 g/mol. The van der Waals surface area contributed by atoms with Gasteiger partial charge in [-0.05, 0) is 36.6 Å². The molecule has 0 aliphatic carbocycles. The third-order valence-electron chi connectivity index (χ3n) is 2.71. The highest BCUT2D eigenvalue weighted by Crippen LogP contribution is 2.16. The van der Waals surface area contributed by atoms with Crippen molar-refractivity contribution in [2.75, 3.05) is 11.9 Å². The number of nitrogens with one attached hydrogen (secondary N) is 1. The Bertz CT molecular complexity index is 509. The summed E-state index contributed by atoms with van der Waals surface area (Å²) in [5, 5.41) is 2.83. The van der Waals surface area contributed by atoms with Crippen LogP contribution in [0.2, 0.25) is 0 Å². The summed E-state index contributed by atoms with van der Waals surface area (Å²) in [5.74, 6) is -0.217. The van der Waals surface area contributed by atoms with E-state index in [-0.39, 0.29) is 22.6 Å². The lowest BCUT2D eigenvalue weighted by Crippen LogP contribution is -2.26. The van der Waals surface area contributed by atoms with Crippen molar-refractivity contribution in [2.45, 2.75) is 25.6 Å². The van der Waals surface area contributed by atoms with Crippen molar-refractivity contribution in [3.8, 4) is 0 Å². The summed E-state index contributed by atoms with van der Waals surface area (Å²) in [6, 6.07) is 7.24. The van der Waals surface area contributed by atoms with Gasteiger partial charge in [0.05, 0.1) is 11.4 Å². The minimum Gasteiger partial charge on any atom is -0.463 e. The average molecular weight is 354 g/mol. The van der Waals surface area contributed by atoms with Gasteiger partial charge in [-0.1, -0.05) is 41.9 Å². The molecular formula is C16H20BrNO3. The number of ether oxygens (including phenoxy) is 1. The highest BCUT2D eigenvalue weighted by molar-refractivity contribution is 9.10. The molecule has 0 aliphatic rings. The van der Waals surface area contributed by atoms with Gasteiger partial charge in [0.25, 0.3) is 0 Å². The van der Waals surface area contributed by atoms with E-state index in [1.54, 1.807) is 25.1 Å². The van der Waals surface area contributed by atoms with Crippen molar-refractivity contribution in [1.29, 1.82) is 0 Å². The lowest BCUT2D eigenvalue weighted by atomic mass is 10.1. The molecule has 0 aromatic heterocycles. The predicted octanol–water partition coefficient (Wildman–Crippen LogP) is 3.62. The average Bonchev–Trinajstić information content (AvgIpc) is 2.45. The van der Waals surface area contributed by atoms with E-state index in [1.165, 1.54) is 6.08 Å². The van der Waals surface area contributed by atoms with Gasteiger partial charge >= 0.3 is 5.97 Å². The fourth-order valence-electron chi connectivity index (χ4n) is 1.55. The molecule has 1 aromatic carbocycles. The van der Waals surface area contributed by atoms with E-state index < -0.39 is 0 Å². The zero-order valence-electron chi connectivity index (χ0n) is 12.4. The molecule has 0 fully saturated rings. The number of alkyl halides is 1. The monoisotopic (exact) mass is 353 g/mol. The molecule has 1 amide bonds. The van der Waals surface area contributed by atoms with Gasteiger partial charge in [-0.2, -0.15) is 0 Å². The molecule has 1 unspecified atom stereocenters. The molecule has 114 valence electrons. The first-order valence-electron chi connectivity index (χ1n) is 6.84. The molecule has 0 aliphatic heterocycles. The summed E-state index contributed by atoms with van der Waals surface area (Å²) in [7, 11) is 0. The summed E-state index contributed by atoms with van der Waals surface area (Å²) in [6.07, 6.45) is 3.05. The van der Waals surface area contributed by atoms with E-state index in [0.29, 0.717) is 6.61 Å². The van der Waals surface area contributed by atoms with Gasteiger partial charge in [0.15, 0.2) is 0 Å². The van der Waals surface area contributed by atoms with E-state index >= 15 is 0 Å². The quantitative estimate of drug-likeness (QED) is 0.482. The second-order valence-electron chi connectivity index (χ2n) is 4.84. The molecule has 1 atom stereocenters. The zero-order valence-corrected chi connectivity index (χ0v) is 14.0. The predicted molar refractivity (Wildman–Crippen MR) is 88.3 cm³/mol. The van der Waals surface area contributed by atoms with Crippen LogP contribution in [0.1, 0.15) is 26.3 Å². The fraction of sp³-hybridized carbons (Fsp3) is 0.375. The van der Waals surface area contributed by atoms with Gasteiger partial charge in [-0.15, -0.1) is 0 Å². The van der Waals surface area contributed by atoms with Crippen LogP contribution in [0.15, 0.2) is 30.3 Å². The largest absolute Gasteiger partial charge is 0.463 e. The fourth-order valence-corrected chi connectivity index (χ4v) is 1.66. The Balaban J connectivity index is 2.62. The first-order chi connectivity index (χ1) is 9.93. The molecule has 0 saturated carbocycles. The normalized spacial score (nSPS) is 12.4. The first kappa shape index (κ1) is 17.4. The summed E-state index contributed by atoms with van der Waals surface area (Å²) < 4.78 is 4.80. The lowest BCUT2D eigenvalue weighted by Gasteiger charge is -2.13. The molecule has 5 heteroatoms. The van der Waals surface area contributed by atoms with Crippen molar-refractivity contribution in [1.82, 2.24) is 0 Å². The number of carbonyl (C=O) groups is 2. The van der Waals surface area contributed by atoms with Crippen LogP contribution in [0, 0.1) is 5.92 Å². The number of carbonyl (C=O) groups excluding carboxylic acids is 2. The zero-order chi connectivity index (χ0) is 15.8. The Morgan fingerprint density at radius 3 is 2.43 bits per heavy atom. The Morgan fingerprint density at radius 2 is 1.90 bits per heavy atom. The van der Waals surface area contributed by atoms with Crippen LogP contribution in [-0.2, 0) is 14.3 Å². The maximum atomic E-state index is 11.9. The number of esters is 1. The van der Waals surface area contributed by atoms with Crippen LogP contribution in [0.3, 0.4) is 0 Å². The Labute approximate surface area is 133 Å². The number of halogens is 1. The van der Waals surface area contributed by atoms with Crippen molar-refractivity contribution >= 4 is 39.6 Å². The number of amides is 1. The van der Waals surface area contributed by atoms with E-state index in [2.05, 4.69) is 21.2 Å². The number of hydrogen-bond donors (Lipinski definition) is 1. The van der Waals surface area contributed by atoms with E-state index in [1.807, 2.05) is 26.0 Å². The Kier molecular flexibility index (Phi) is 7.15. The SMILES string of the molecule is CCOC(=O)/C=C/c1ccc(NC(=O)C(Br)C(C)C)cc1. The van der Waals surface area contributed by atoms with Gasteiger partial charge < -0.3 is 10.1 Å². The topological polar surface area (TPSA) is 55.4 Å². The van der Waals surface area contributed by atoms with Crippen LogP contribution in [0.4, 0.5) is 5.69 Å². The number of anilines is 1. The molecule has 0 radical (unpaired) electrons. The molecule has 0 spiro atoms. The van der Waals surface area contributed by atoms with E-state index in [9.17, 15) is 9.59 Å². The van der Waals surface area contributed by atoms with Gasteiger partial charge in [-0.3, -0.25) is 4.79 Å². The molecule has 0 heterocycles. The summed E-state index contributed by atoms with van der Waals surface area (Å²) in [4.78, 5) is 22.9. The van der Waals surface area contributed by atoms with Crippen molar-refractivity contribution in [3.63, 3.8) is 0 Å². The third kappa shape index (κ3) is 6.12. The molecule has 21 heavy (non-hydrogen) atoms. The first-order valence-corrected chi connectivity index (χ1v) is 7.75. The minimum atomic E-state index is -0.367. The van der Waals surface area contributed by atoms with Crippen molar-refractivity contribution < 1.29 is 14.3 Å². The third-order valence-corrected chi connectivity index (χ3v) is 4.19. The standard InChI is InChI=1S/C16H20BrNO3/c1-4-21-14(19)10-7-12-5-8-13(9-6-12)18-16(20)15(17)11(2)3/h5-11,15H,4H2,1-3H3,(H,18,20)/b10-7+. The molecule has 4 nitrogen and oxygen atoms in total. The van der Waals surface area contributed by atoms with Crippen LogP contribution in [-0.4, -0.2) is 23.3 Å². The van der Waals surface area contributed by atoms with Crippen LogP contribution in [0.25, 0.3) is 6.08 Å². The summed E-state index contributed by atoms with van der Waals surface area (Å²) in [5.41, 5.74) is 1.58. The van der Waals surface area contributed by atoms with Gasteiger partial charge in [-0.25, -0.2) is 4.79 Å². The number of rotatable bonds is 6. The number of hydrogen-bond acceptors (Lipinski definition) is 3. The van der Waals surface area contributed by atoms with Crippen molar-refractivity contribution in [3.05, 3.63) is 35.9 Å². The Morgan fingerprint density at radius 1 is 1.29 bits per heavy atom. The van der Waals surface area contributed by atoms with Crippen molar-refractivity contribution in [2.24, 2.45) is 5.92 Å². The van der Waals surface area contributed by atoms with Gasteiger partial charge in [0.1, 0.15) is 0 Å². The highest BCUT2D eigenvalue weighted by Gasteiger charge is 2.18. The smallest absolute Gasteiger partial charge is 0.330 e. The Hall–Kier alpha value is -1.62. The molecule has 1 aromatic rings. The molecule has 1 rings (SSSR count). The maximum Gasteiger partial charge on any atom is 0.330 e. The minimum absolute atomic E-state index is 0.0696. The lowest BCUT2D eigenvalue weighted by molar-refractivity contribution is -0.137. The van der Waals surface area contributed by atoms with Crippen LogP contribution >= 0.6 is 15.9 Å². The summed E-state index contributed by atoms with van der Waals surface area (Å²) in [6.45, 7) is 6.07. The highest BCUT2D eigenvalue weighted by atomic mass is 79.9. The molecule has 1 N–H and O–H groups in total.